The first-order chi connectivity index (χ1) is 7.18. The number of hydrogen-bond acceptors (Lipinski definition) is 4. The number of nitrogens with zero attached hydrogens (tertiary/aromatic N) is 3. The molecule has 2 heterocycles. The summed E-state index contributed by atoms with van der Waals surface area (Å²) in [6.45, 7) is 0.868. The molecule has 5 heteroatoms. The van der Waals surface area contributed by atoms with Gasteiger partial charge in [0.15, 0.2) is 0 Å². The normalized spacial score (nSPS) is 26.7. The molecule has 1 fully saturated rings. The Morgan fingerprint density at radius 1 is 1.67 bits per heavy atom. The van der Waals surface area contributed by atoms with Gasteiger partial charge in [0.25, 0.3) is 0 Å². The predicted molar refractivity (Wildman–Crippen MR) is 54.8 cm³/mol. The Kier molecular flexibility index (Phi) is 2.40. The second kappa shape index (κ2) is 3.58. The average molecular weight is 206 g/mol. The number of likely N-dealkylation sites (N-methyl/N-ethyl adjacent to an activating group) is 1. The zero-order valence-corrected chi connectivity index (χ0v) is 8.68. The largest absolute Gasteiger partial charge is 0.368 e. The Morgan fingerprint density at radius 2 is 2.47 bits per heavy atom. The van der Waals surface area contributed by atoms with Crippen LogP contribution in [0.5, 0.6) is 0 Å². The molecule has 1 aliphatic rings. The highest BCUT2D eigenvalue weighted by atomic mass is 16.1. The maximum absolute atomic E-state index is 11.7. The Bertz CT molecular complexity index is 367. The standard InChI is InChI=1S/C10H14N4O/c1-14-6-2-4-10(14,9(11)15)8-3-5-12-7-13-8/h3,5,7H,2,4,6H2,1H3,(H2,11,15). The topological polar surface area (TPSA) is 72.1 Å². The van der Waals surface area contributed by atoms with E-state index >= 15 is 0 Å². The minimum atomic E-state index is -0.733. The molecule has 1 aliphatic heterocycles. The molecule has 0 spiro atoms. The lowest BCUT2D eigenvalue weighted by molar-refractivity contribution is -0.128. The van der Waals surface area contributed by atoms with Crippen molar-refractivity contribution in [3.05, 3.63) is 24.3 Å². The Morgan fingerprint density at radius 3 is 2.93 bits per heavy atom. The minimum Gasteiger partial charge on any atom is -0.368 e. The van der Waals surface area contributed by atoms with Gasteiger partial charge in [-0.05, 0) is 32.5 Å². The third kappa shape index (κ3) is 1.39. The van der Waals surface area contributed by atoms with E-state index in [1.165, 1.54) is 6.33 Å². The smallest absolute Gasteiger partial charge is 0.244 e. The van der Waals surface area contributed by atoms with Crippen molar-refractivity contribution in [3.63, 3.8) is 0 Å². The van der Waals surface area contributed by atoms with Crippen LogP contribution in [0.3, 0.4) is 0 Å². The lowest BCUT2D eigenvalue weighted by atomic mass is 9.91. The van der Waals surface area contributed by atoms with Crippen molar-refractivity contribution >= 4 is 5.91 Å². The molecule has 80 valence electrons. The first-order valence-corrected chi connectivity index (χ1v) is 4.95. The van der Waals surface area contributed by atoms with Crippen LogP contribution in [0.25, 0.3) is 0 Å². The summed E-state index contributed by atoms with van der Waals surface area (Å²) >= 11 is 0. The van der Waals surface area contributed by atoms with Crippen LogP contribution in [0.15, 0.2) is 18.6 Å². The van der Waals surface area contributed by atoms with Gasteiger partial charge in [0.2, 0.25) is 5.91 Å². The molecule has 2 N–H and O–H groups in total. The molecule has 0 aliphatic carbocycles. The fourth-order valence-electron chi connectivity index (χ4n) is 2.25. The molecule has 0 radical (unpaired) electrons. The lowest BCUT2D eigenvalue weighted by Crippen LogP contribution is -2.50. The second-order valence-electron chi connectivity index (χ2n) is 3.84. The molecular weight excluding hydrogens is 192 g/mol. The van der Waals surface area contributed by atoms with Gasteiger partial charge in [0.05, 0.1) is 5.69 Å². The molecule has 0 bridgehead atoms. The predicted octanol–water partition coefficient (Wildman–Crippen LogP) is -0.117. The maximum atomic E-state index is 11.7. The fraction of sp³-hybridized carbons (Fsp3) is 0.500. The van der Waals surface area contributed by atoms with Gasteiger partial charge in [-0.1, -0.05) is 0 Å². The summed E-state index contributed by atoms with van der Waals surface area (Å²) in [7, 11) is 1.90. The lowest BCUT2D eigenvalue weighted by Gasteiger charge is -2.32. The van der Waals surface area contributed by atoms with Crippen molar-refractivity contribution in [2.75, 3.05) is 13.6 Å². The number of nitrogens with two attached hydrogens (primary N) is 1. The third-order valence-electron chi connectivity index (χ3n) is 3.10. The van der Waals surface area contributed by atoms with Gasteiger partial charge in [0.1, 0.15) is 11.9 Å². The van der Waals surface area contributed by atoms with E-state index in [2.05, 4.69) is 9.97 Å². The van der Waals surface area contributed by atoms with Gasteiger partial charge < -0.3 is 5.73 Å². The van der Waals surface area contributed by atoms with Crippen LogP contribution in [0.1, 0.15) is 18.5 Å². The van der Waals surface area contributed by atoms with Gasteiger partial charge in [-0.3, -0.25) is 9.69 Å². The highest BCUT2D eigenvalue weighted by Crippen LogP contribution is 2.35. The van der Waals surface area contributed by atoms with Crippen molar-refractivity contribution in [2.24, 2.45) is 5.73 Å². The molecular formula is C10H14N4O. The number of rotatable bonds is 2. The van der Waals surface area contributed by atoms with Crippen LogP contribution in [0.4, 0.5) is 0 Å². The molecule has 1 atom stereocenters. The summed E-state index contributed by atoms with van der Waals surface area (Å²) in [4.78, 5) is 21.6. The van der Waals surface area contributed by atoms with Crippen molar-refractivity contribution in [1.82, 2.24) is 14.9 Å². The second-order valence-corrected chi connectivity index (χ2v) is 3.84. The van der Waals surface area contributed by atoms with E-state index in [1.54, 1.807) is 12.3 Å². The summed E-state index contributed by atoms with van der Waals surface area (Å²) in [6.07, 6.45) is 4.78. The molecule has 0 aromatic carbocycles. The number of carbonyl (C=O) groups excluding carboxylic acids is 1. The van der Waals surface area contributed by atoms with Crippen molar-refractivity contribution in [1.29, 1.82) is 0 Å². The van der Waals surface area contributed by atoms with Crippen molar-refractivity contribution in [3.8, 4) is 0 Å². The Balaban J connectivity index is 2.49. The Labute approximate surface area is 88.3 Å². The number of primary amides is 1. The number of hydrogen-bond donors (Lipinski definition) is 1. The van der Waals surface area contributed by atoms with Crippen LogP contribution in [-0.2, 0) is 10.3 Å². The summed E-state index contributed by atoms with van der Waals surface area (Å²) in [6, 6.07) is 1.76. The zero-order chi connectivity index (χ0) is 10.9. The first-order valence-electron chi connectivity index (χ1n) is 4.95. The maximum Gasteiger partial charge on any atom is 0.244 e. The summed E-state index contributed by atoms with van der Waals surface area (Å²) in [5.41, 5.74) is 5.48. The van der Waals surface area contributed by atoms with Crippen LogP contribution in [0.2, 0.25) is 0 Å². The van der Waals surface area contributed by atoms with E-state index < -0.39 is 5.54 Å². The van der Waals surface area contributed by atoms with E-state index in [4.69, 9.17) is 5.73 Å². The SMILES string of the molecule is CN1CCCC1(C(N)=O)c1ccncn1. The third-order valence-corrected chi connectivity index (χ3v) is 3.10. The quantitative estimate of drug-likeness (QED) is 0.732. The van der Waals surface area contributed by atoms with E-state index in [9.17, 15) is 4.79 Å². The van der Waals surface area contributed by atoms with E-state index in [-0.39, 0.29) is 5.91 Å². The summed E-state index contributed by atoms with van der Waals surface area (Å²) < 4.78 is 0. The summed E-state index contributed by atoms with van der Waals surface area (Å²) in [5, 5.41) is 0. The first kappa shape index (κ1) is 10.0. The van der Waals surface area contributed by atoms with Gasteiger partial charge in [-0.25, -0.2) is 9.97 Å². The number of amides is 1. The van der Waals surface area contributed by atoms with E-state index in [0.717, 1.165) is 19.4 Å². The molecule has 2 rings (SSSR count). The molecule has 15 heavy (non-hydrogen) atoms. The average Bonchev–Trinajstić information content (AvgIpc) is 2.62. The van der Waals surface area contributed by atoms with Crippen LogP contribution >= 0.6 is 0 Å². The zero-order valence-electron chi connectivity index (χ0n) is 8.68. The highest BCUT2D eigenvalue weighted by molar-refractivity contribution is 5.85. The molecule has 1 saturated heterocycles. The van der Waals surface area contributed by atoms with Gasteiger partial charge in [-0.2, -0.15) is 0 Å². The van der Waals surface area contributed by atoms with E-state index in [0.29, 0.717) is 5.69 Å². The fourth-order valence-corrected chi connectivity index (χ4v) is 2.25. The molecule has 1 amide bonds. The van der Waals surface area contributed by atoms with Gasteiger partial charge in [-0.15, -0.1) is 0 Å². The Hall–Kier alpha value is -1.49. The van der Waals surface area contributed by atoms with Crippen molar-refractivity contribution < 1.29 is 4.79 Å². The highest BCUT2D eigenvalue weighted by Gasteiger charge is 2.46. The van der Waals surface area contributed by atoms with Gasteiger partial charge >= 0.3 is 0 Å². The number of aromatic nitrogens is 2. The monoisotopic (exact) mass is 206 g/mol. The molecule has 1 aromatic rings. The molecule has 0 saturated carbocycles. The van der Waals surface area contributed by atoms with Crippen molar-refractivity contribution in [2.45, 2.75) is 18.4 Å². The molecule has 1 aromatic heterocycles. The van der Waals surface area contributed by atoms with Crippen LogP contribution in [0, 0.1) is 0 Å². The van der Waals surface area contributed by atoms with Crippen LogP contribution in [-0.4, -0.2) is 34.4 Å². The number of carbonyl (C=O) groups is 1. The molecule has 5 nitrogen and oxygen atoms in total. The van der Waals surface area contributed by atoms with Gasteiger partial charge in [0, 0.05) is 6.20 Å². The van der Waals surface area contributed by atoms with E-state index in [1.807, 2.05) is 11.9 Å². The summed E-state index contributed by atoms with van der Waals surface area (Å²) in [5.74, 6) is -0.332. The molecule has 1 unspecified atom stereocenters. The minimum absolute atomic E-state index is 0.332. The number of likely N-dealkylation sites (tertiary alicyclic amines) is 1. The van der Waals surface area contributed by atoms with Crippen LogP contribution < -0.4 is 5.73 Å².